The molecular formula is C16H11F3O3. The van der Waals surface area contributed by atoms with Crippen molar-refractivity contribution in [1.82, 2.24) is 0 Å². The van der Waals surface area contributed by atoms with Crippen molar-refractivity contribution in [3.8, 4) is 11.5 Å². The second-order valence-corrected chi connectivity index (χ2v) is 4.46. The van der Waals surface area contributed by atoms with Gasteiger partial charge in [0.2, 0.25) is 5.78 Å². The Balaban J connectivity index is 2.03. The van der Waals surface area contributed by atoms with Crippen molar-refractivity contribution < 1.29 is 27.5 Å². The standard InChI is InChI=1S/C16H11F3O3/c17-16(18,19)15(21)10-14(20)11-6-8-13(9-7-11)22-12-4-2-1-3-5-12/h1-9H,10H2. The fourth-order valence-corrected chi connectivity index (χ4v) is 1.68. The zero-order valence-corrected chi connectivity index (χ0v) is 11.3. The van der Waals surface area contributed by atoms with Gasteiger partial charge in [0.15, 0.2) is 5.78 Å². The molecule has 0 saturated carbocycles. The van der Waals surface area contributed by atoms with Crippen LogP contribution in [0.5, 0.6) is 11.5 Å². The summed E-state index contributed by atoms with van der Waals surface area (Å²) in [7, 11) is 0. The topological polar surface area (TPSA) is 43.4 Å². The molecule has 0 heterocycles. The number of Topliss-reactive ketones (excluding diaryl/α,β-unsaturated/α-hetero) is 2. The average molecular weight is 308 g/mol. The number of ether oxygens (including phenoxy) is 1. The minimum absolute atomic E-state index is 0.0259. The van der Waals surface area contributed by atoms with Crippen LogP contribution < -0.4 is 4.74 Å². The number of halogens is 3. The van der Waals surface area contributed by atoms with Crippen LogP contribution in [0.15, 0.2) is 54.6 Å². The molecule has 0 atom stereocenters. The summed E-state index contributed by atoms with van der Waals surface area (Å²) in [6, 6.07) is 14.4. The first-order valence-electron chi connectivity index (χ1n) is 6.32. The van der Waals surface area contributed by atoms with E-state index in [1.165, 1.54) is 24.3 Å². The molecule has 2 aromatic carbocycles. The summed E-state index contributed by atoms with van der Waals surface area (Å²) >= 11 is 0. The van der Waals surface area contributed by atoms with Gasteiger partial charge >= 0.3 is 6.18 Å². The summed E-state index contributed by atoms with van der Waals surface area (Å²) in [5, 5.41) is 0. The first kappa shape index (κ1) is 15.8. The highest BCUT2D eigenvalue weighted by Gasteiger charge is 2.39. The molecule has 2 aromatic rings. The molecule has 3 nitrogen and oxygen atoms in total. The Morgan fingerprint density at radius 1 is 0.864 bits per heavy atom. The van der Waals surface area contributed by atoms with Gasteiger partial charge in [-0.1, -0.05) is 18.2 Å². The zero-order chi connectivity index (χ0) is 16.2. The van der Waals surface area contributed by atoms with Crippen LogP contribution in [0, 0.1) is 0 Å². The van der Waals surface area contributed by atoms with Gasteiger partial charge in [-0.25, -0.2) is 0 Å². The van der Waals surface area contributed by atoms with Crippen LogP contribution in [0.25, 0.3) is 0 Å². The van der Waals surface area contributed by atoms with Crippen molar-refractivity contribution in [2.75, 3.05) is 0 Å². The number of carbonyl (C=O) groups is 2. The van der Waals surface area contributed by atoms with Crippen molar-refractivity contribution in [1.29, 1.82) is 0 Å². The summed E-state index contributed by atoms with van der Waals surface area (Å²) in [5.41, 5.74) is 0.0259. The number of carbonyl (C=O) groups excluding carboxylic acids is 2. The van der Waals surface area contributed by atoms with Crippen molar-refractivity contribution in [2.45, 2.75) is 12.6 Å². The lowest BCUT2D eigenvalue weighted by Crippen LogP contribution is -2.25. The molecule has 114 valence electrons. The second kappa shape index (κ2) is 6.43. The van der Waals surface area contributed by atoms with Crippen LogP contribution in [0.1, 0.15) is 16.8 Å². The Bertz CT molecular complexity index is 661. The van der Waals surface area contributed by atoms with E-state index in [1.807, 2.05) is 6.07 Å². The number of ketones is 2. The minimum Gasteiger partial charge on any atom is -0.457 e. The number of hydrogen-bond donors (Lipinski definition) is 0. The molecule has 0 N–H and O–H groups in total. The maximum absolute atomic E-state index is 12.1. The van der Waals surface area contributed by atoms with Crippen molar-refractivity contribution in [3.63, 3.8) is 0 Å². The third kappa shape index (κ3) is 4.18. The molecule has 0 bridgehead atoms. The predicted octanol–water partition coefficient (Wildman–Crippen LogP) is 4.18. The smallest absolute Gasteiger partial charge is 0.450 e. The molecule has 0 aliphatic rings. The van der Waals surface area contributed by atoms with E-state index >= 15 is 0 Å². The Kier molecular flexibility index (Phi) is 4.60. The molecule has 0 amide bonds. The van der Waals surface area contributed by atoms with Crippen LogP contribution in [-0.4, -0.2) is 17.7 Å². The predicted molar refractivity (Wildman–Crippen MR) is 73.0 cm³/mol. The van der Waals surface area contributed by atoms with Crippen LogP contribution >= 0.6 is 0 Å². The molecule has 22 heavy (non-hydrogen) atoms. The van der Waals surface area contributed by atoms with Crippen LogP contribution in [0.4, 0.5) is 13.2 Å². The zero-order valence-electron chi connectivity index (χ0n) is 11.3. The van der Waals surface area contributed by atoms with E-state index in [0.717, 1.165) is 0 Å². The highest BCUT2D eigenvalue weighted by molar-refractivity contribution is 6.09. The van der Waals surface area contributed by atoms with Gasteiger partial charge in [-0.15, -0.1) is 0 Å². The Hall–Kier alpha value is -2.63. The monoisotopic (exact) mass is 308 g/mol. The van der Waals surface area contributed by atoms with E-state index in [2.05, 4.69) is 0 Å². The largest absolute Gasteiger partial charge is 0.457 e. The van der Waals surface area contributed by atoms with E-state index in [1.54, 1.807) is 24.3 Å². The SMILES string of the molecule is O=C(CC(=O)C(F)(F)F)c1ccc(Oc2ccccc2)cc1. The van der Waals surface area contributed by atoms with E-state index in [4.69, 9.17) is 4.74 Å². The van der Waals surface area contributed by atoms with Gasteiger partial charge in [0.1, 0.15) is 11.5 Å². The fraction of sp³-hybridized carbons (Fsp3) is 0.125. The molecule has 6 heteroatoms. The van der Waals surface area contributed by atoms with Crippen LogP contribution in [0.2, 0.25) is 0 Å². The third-order valence-corrected chi connectivity index (χ3v) is 2.79. The Morgan fingerprint density at radius 3 is 1.95 bits per heavy atom. The lowest BCUT2D eigenvalue weighted by molar-refractivity contribution is -0.170. The molecule has 0 aromatic heterocycles. The molecular weight excluding hydrogens is 297 g/mol. The van der Waals surface area contributed by atoms with Gasteiger partial charge in [0.25, 0.3) is 0 Å². The molecule has 0 unspecified atom stereocenters. The van der Waals surface area contributed by atoms with E-state index in [9.17, 15) is 22.8 Å². The van der Waals surface area contributed by atoms with Gasteiger partial charge in [0.05, 0.1) is 6.42 Å². The van der Waals surface area contributed by atoms with Gasteiger partial charge in [-0.05, 0) is 36.4 Å². The summed E-state index contributed by atoms with van der Waals surface area (Å²) < 4.78 is 41.8. The Morgan fingerprint density at radius 2 is 1.41 bits per heavy atom. The van der Waals surface area contributed by atoms with Gasteiger partial charge in [-0.2, -0.15) is 13.2 Å². The summed E-state index contributed by atoms with van der Waals surface area (Å²) in [5.74, 6) is -1.91. The molecule has 0 radical (unpaired) electrons. The van der Waals surface area contributed by atoms with Crippen LogP contribution in [-0.2, 0) is 4.79 Å². The van der Waals surface area contributed by atoms with Crippen LogP contribution in [0.3, 0.4) is 0 Å². The third-order valence-electron chi connectivity index (χ3n) is 2.79. The van der Waals surface area contributed by atoms with Gasteiger partial charge < -0.3 is 4.74 Å². The van der Waals surface area contributed by atoms with Crippen molar-refractivity contribution in [3.05, 3.63) is 60.2 Å². The molecule has 2 rings (SSSR count). The van der Waals surface area contributed by atoms with Crippen molar-refractivity contribution in [2.24, 2.45) is 0 Å². The first-order chi connectivity index (χ1) is 10.4. The highest BCUT2D eigenvalue weighted by atomic mass is 19.4. The maximum atomic E-state index is 12.1. The molecule has 0 spiro atoms. The average Bonchev–Trinajstić information content (AvgIpc) is 2.48. The van der Waals surface area contributed by atoms with Gasteiger partial charge in [0, 0.05) is 5.56 Å². The first-order valence-corrected chi connectivity index (χ1v) is 6.32. The molecule has 0 aliphatic heterocycles. The summed E-state index contributed by atoms with van der Waals surface area (Å²) in [6.45, 7) is 0. The highest BCUT2D eigenvalue weighted by Crippen LogP contribution is 2.23. The molecule has 0 aliphatic carbocycles. The second-order valence-electron chi connectivity index (χ2n) is 4.46. The summed E-state index contributed by atoms with van der Waals surface area (Å²) in [4.78, 5) is 22.4. The normalized spacial score (nSPS) is 11.0. The number of para-hydroxylation sites is 1. The lowest BCUT2D eigenvalue weighted by Gasteiger charge is -2.07. The number of rotatable bonds is 5. The van der Waals surface area contributed by atoms with Gasteiger partial charge in [-0.3, -0.25) is 9.59 Å². The minimum atomic E-state index is -4.99. The van der Waals surface area contributed by atoms with Crippen molar-refractivity contribution >= 4 is 11.6 Å². The number of hydrogen-bond acceptors (Lipinski definition) is 3. The van der Waals surface area contributed by atoms with E-state index < -0.39 is 24.2 Å². The van der Waals surface area contributed by atoms with E-state index in [-0.39, 0.29) is 5.56 Å². The quantitative estimate of drug-likeness (QED) is 0.614. The fourth-order valence-electron chi connectivity index (χ4n) is 1.68. The molecule has 0 saturated heterocycles. The Labute approximate surface area is 124 Å². The maximum Gasteiger partial charge on any atom is 0.450 e. The lowest BCUT2D eigenvalue weighted by atomic mass is 10.1. The number of benzene rings is 2. The number of alkyl halides is 3. The molecule has 0 fully saturated rings. The van der Waals surface area contributed by atoms with E-state index in [0.29, 0.717) is 11.5 Å². The summed E-state index contributed by atoms with van der Waals surface area (Å²) in [6.07, 6.45) is -6.19.